The molecule has 3 aromatic rings. The highest BCUT2D eigenvalue weighted by Crippen LogP contribution is 2.30. The second kappa shape index (κ2) is 10.7. The van der Waals surface area contributed by atoms with Crippen molar-refractivity contribution in [3.63, 3.8) is 0 Å². The fourth-order valence-electron chi connectivity index (χ4n) is 4.07. The summed E-state index contributed by atoms with van der Waals surface area (Å²) in [7, 11) is -3.69. The highest BCUT2D eigenvalue weighted by molar-refractivity contribution is 7.89. The largest absolute Gasteiger partial charge is 0.345 e. The van der Waals surface area contributed by atoms with Gasteiger partial charge in [-0.15, -0.1) is 13.2 Å². The molecular weight excluding hydrogens is 480 g/mol. The van der Waals surface area contributed by atoms with Gasteiger partial charge in [0.15, 0.2) is 5.13 Å². The third-order valence-electron chi connectivity index (χ3n) is 6.09. The van der Waals surface area contributed by atoms with Gasteiger partial charge in [-0.25, -0.2) is 13.4 Å². The Hall–Kier alpha value is -3.01. The fraction of sp³-hybridized carbons (Fsp3) is 0.308. The van der Waals surface area contributed by atoms with E-state index in [1.165, 1.54) is 38.9 Å². The topological polar surface area (TPSA) is 73.8 Å². The van der Waals surface area contributed by atoms with Gasteiger partial charge in [-0.2, -0.15) is 4.31 Å². The van der Waals surface area contributed by atoms with Crippen molar-refractivity contribution >= 4 is 42.6 Å². The zero-order valence-electron chi connectivity index (χ0n) is 19.9. The number of carbonyl (C=O) groups excluding carboxylic acids is 1. The van der Waals surface area contributed by atoms with Crippen molar-refractivity contribution in [2.24, 2.45) is 0 Å². The molecule has 7 nitrogen and oxygen atoms in total. The zero-order chi connectivity index (χ0) is 25.0. The Morgan fingerprint density at radius 1 is 1.06 bits per heavy atom. The third-order valence-corrected chi connectivity index (χ3v) is 9.02. The van der Waals surface area contributed by atoms with Crippen LogP contribution in [0.1, 0.15) is 22.8 Å². The summed E-state index contributed by atoms with van der Waals surface area (Å²) in [6.07, 6.45) is 4.07. The molecule has 0 atom stereocenters. The van der Waals surface area contributed by atoms with Crippen molar-refractivity contribution in [1.29, 1.82) is 0 Å². The zero-order valence-corrected chi connectivity index (χ0v) is 21.5. The number of fused-ring (bicyclic) bond motifs is 1. The molecule has 0 spiro atoms. The normalized spacial score (nSPS) is 14.5. The fourth-order valence-corrected chi connectivity index (χ4v) is 6.54. The van der Waals surface area contributed by atoms with Crippen molar-refractivity contribution < 1.29 is 13.2 Å². The van der Waals surface area contributed by atoms with Crippen LogP contribution in [0.4, 0.5) is 5.13 Å². The summed E-state index contributed by atoms with van der Waals surface area (Å²) in [5.41, 5.74) is 2.79. The number of anilines is 1. The first-order valence-electron chi connectivity index (χ1n) is 11.6. The van der Waals surface area contributed by atoms with E-state index in [0.29, 0.717) is 31.7 Å². The Kier molecular flexibility index (Phi) is 7.69. The summed E-state index contributed by atoms with van der Waals surface area (Å²) < 4.78 is 28.3. The van der Waals surface area contributed by atoms with Gasteiger partial charge in [-0.05, 0) is 48.4 Å². The number of hydrogen-bond acceptors (Lipinski definition) is 6. The van der Waals surface area contributed by atoms with Gasteiger partial charge in [-0.1, -0.05) is 36.5 Å². The number of thiazole rings is 1. The van der Waals surface area contributed by atoms with Crippen molar-refractivity contribution in [2.45, 2.75) is 18.2 Å². The number of hydrogen-bond donors (Lipinski definition) is 0. The van der Waals surface area contributed by atoms with Gasteiger partial charge in [-0.3, -0.25) is 4.79 Å². The van der Waals surface area contributed by atoms with Gasteiger partial charge in [0, 0.05) is 44.8 Å². The highest BCUT2D eigenvalue weighted by atomic mass is 32.2. The van der Waals surface area contributed by atoms with Crippen LogP contribution in [0, 0.1) is 0 Å². The molecule has 35 heavy (non-hydrogen) atoms. The molecule has 2 heterocycles. The number of nitrogens with zero attached hydrogens (tertiary/aromatic N) is 4. The maximum atomic E-state index is 13.1. The van der Waals surface area contributed by atoms with E-state index in [9.17, 15) is 13.2 Å². The Balaban J connectivity index is 1.41. The molecule has 0 radical (unpaired) electrons. The Labute approximate surface area is 211 Å². The molecule has 2 aromatic carbocycles. The lowest BCUT2D eigenvalue weighted by Crippen LogP contribution is -2.48. The molecule has 0 saturated carbocycles. The summed E-state index contributed by atoms with van der Waals surface area (Å²) in [4.78, 5) is 22.0. The molecule has 9 heteroatoms. The second-order valence-electron chi connectivity index (χ2n) is 8.36. The molecule has 0 unspecified atom stereocenters. The third kappa shape index (κ3) is 5.32. The van der Waals surface area contributed by atoms with Gasteiger partial charge in [0.25, 0.3) is 5.91 Å². The molecule has 1 saturated heterocycles. The van der Waals surface area contributed by atoms with E-state index in [4.69, 9.17) is 4.98 Å². The molecule has 184 valence electrons. The molecular formula is C26H30N4O3S2. The number of benzene rings is 2. The minimum absolute atomic E-state index is 0.0977. The lowest BCUT2D eigenvalue weighted by atomic mass is 10.2. The molecule has 0 N–H and O–H groups in total. The van der Waals surface area contributed by atoms with Gasteiger partial charge in [0.1, 0.15) is 0 Å². The number of sulfonamides is 1. The summed E-state index contributed by atoms with van der Waals surface area (Å²) in [5.74, 6) is -0.0977. The molecule has 4 rings (SSSR count). The van der Waals surface area contributed by atoms with Crippen LogP contribution < -0.4 is 4.90 Å². The van der Waals surface area contributed by atoms with Crippen molar-refractivity contribution in [3.05, 3.63) is 78.9 Å². The van der Waals surface area contributed by atoms with E-state index in [2.05, 4.69) is 43.2 Å². The van der Waals surface area contributed by atoms with Crippen LogP contribution in [0.5, 0.6) is 0 Å². The van der Waals surface area contributed by atoms with E-state index in [1.54, 1.807) is 23.5 Å². The monoisotopic (exact) mass is 510 g/mol. The summed E-state index contributed by atoms with van der Waals surface area (Å²) in [6, 6.07) is 12.5. The minimum atomic E-state index is -3.69. The highest BCUT2D eigenvalue weighted by Gasteiger charge is 2.26. The predicted molar refractivity (Wildman–Crippen MR) is 143 cm³/mol. The molecule has 1 fully saturated rings. The standard InChI is InChI=1S/C26H30N4O3S2/c1-4-13-30(14-5-2)35(32,33)22-10-8-21(9-11-22)25(31)28-15-17-29(18-16-28)26-27-23-12-7-20(6-3)19-24(23)34-26/h4-5,7-12,19H,1-2,6,13-18H2,3H3. The molecule has 0 bridgehead atoms. The van der Waals surface area contributed by atoms with Gasteiger partial charge in [0.2, 0.25) is 10.0 Å². The van der Waals surface area contributed by atoms with Crippen molar-refractivity contribution in [2.75, 3.05) is 44.2 Å². The maximum absolute atomic E-state index is 13.1. The van der Waals surface area contributed by atoms with Crippen LogP contribution in [0.15, 0.2) is 72.7 Å². The maximum Gasteiger partial charge on any atom is 0.253 e. The average molecular weight is 511 g/mol. The number of carbonyl (C=O) groups is 1. The van der Waals surface area contributed by atoms with E-state index in [0.717, 1.165) is 17.1 Å². The smallest absolute Gasteiger partial charge is 0.253 e. The molecule has 1 aliphatic heterocycles. The van der Waals surface area contributed by atoms with E-state index < -0.39 is 10.0 Å². The first-order valence-corrected chi connectivity index (χ1v) is 13.9. The summed E-state index contributed by atoms with van der Waals surface area (Å²) in [5, 5.41) is 0.985. The quantitative estimate of drug-likeness (QED) is 0.404. The average Bonchev–Trinajstić information content (AvgIpc) is 3.31. The molecule has 0 aliphatic carbocycles. The van der Waals surface area contributed by atoms with Crippen LogP contribution in [0.25, 0.3) is 10.2 Å². The van der Waals surface area contributed by atoms with Crippen LogP contribution in [-0.4, -0.2) is 67.8 Å². The first kappa shape index (κ1) is 25.1. The minimum Gasteiger partial charge on any atom is -0.345 e. The summed E-state index contributed by atoms with van der Waals surface area (Å²) in [6.45, 7) is 12.3. The lowest BCUT2D eigenvalue weighted by molar-refractivity contribution is 0.0746. The molecule has 1 amide bonds. The van der Waals surface area contributed by atoms with Crippen LogP contribution in [0.3, 0.4) is 0 Å². The van der Waals surface area contributed by atoms with E-state index in [-0.39, 0.29) is 23.9 Å². The SMILES string of the molecule is C=CCN(CC=C)S(=O)(=O)c1ccc(C(=O)N2CCN(c3nc4ccc(CC)cc4s3)CC2)cc1. The number of aromatic nitrogens is 1. The number of piperazine rings is 1. The van der Waals surface area contributed by atoms with Gasteiger partial charge in [0.05, 0.1) is 15.1 Å². The summed E-state index contributed by atoms with van der Waals surface area (Å²) >= 11 is 1.69. The predicted octanol–water partition coefficient (Wildman–Crippen LogP) is 4.18. The number of rotatable bonds is 9. The van der Waals surface area contributed by atoms with Gasteiger partial charge >= 0.3 is 0 Å². The Morgan fingerprint density at radius 2 is 1.71 bits per heavy atom. The van der Waals surface area contributed by atoms with Crippen molar-refractivity contribution in [1.82, 2.24) is 14.2 Å². The Bertz CT molecular complexity index is 1310. The number of amides is 1. The number of aryl methyl sites for hydroxylation is 1. The lowest BCUT2D eigenvalue weighted by Gasteiger charge is -2.34. The van der Waals surface area contributed by atoms with Crippen molar-refractivity contribution in [3.8, 4) is 0 Å². The van der Waals surface area contributed by atoms with E-state index in [1.807, 2.05) is 4.90 Å². The van der Waals surface area contributed by atoms with Crippen LogP contribution in [0.2, 0.25) is 0 Å². The molecule has 1 aromatic heterocycles. The van der Waals surface area contributed by atoms with E-state index >= 15 is 0 Å². The first-order chi connectivity index (χ1) is 16.9. The molecule has 1 aliphatic rings. The second-order valence-corrected chi connectivity index (χ2v) is 11.3. The van der Waals surface area contributed by atoms with Gasteiger partial charge < -0.3 is 9.80 Å². The Morgan fingerprint density at radius 3 is 2.31 bits per heavy atom. The van der Waals surface area contributed by atoms with Crippen LogP contribution in [-0.2, 0) is 16.4 Å². The van der Waals surface area contributed by atoms with Crippen LogP contribution >= 0.6 is 11.3 Å².